The van der Waals surface area contributed by atoms with Crippen LogP contribution >= 0.6 is 0 Å². The van der Waals surface area contributed by atoms with E-state index in [1.54, 1.807) is 6.92 Å². The molecular formula is C20H35N3O4. The number of likely N-dealkylation sites (tertiary alicyclic amines) is 1. The highest BCUT2D eigenvalue weighted by atomic mass is 16.6. The molecule has 0 spiro atoms. The Kier molecular flexibility index (Phi) is 7.12. The summed E-state index contributed by atoms with van der Waals surface area (Å²) in [4.78, 5) is 41.1. The smallest absolute Gasteiger partial charge is 0.411 e. The van der Waals surface area contributed by atoms with E-state index in [1.165, 1.54) is 11.3 Å². The number of ether oxygens (including phenoxy) is 1. The lowest BCUT2D eigenvalue weighted by Gasteiger charge is -2.38. The van der Waals surface area contributed by atoms with Gasteiger partial charge in [0.2, 0.25) is 11.8 Å². The number of nitrogens with zero attached hydrogens (tertiary/aromatic N) is 2. The van der Waals surface area contributed by atoms with Crippen LogP contribution in [0.4, 0.5) is 4.79 Å². The largest absolute Gasteiger partial charge is 0.444 e. The maximum absolute atomic E-state index is 12.7. The standard InChI is InChI=1S/C20H35N3O4/c1-6-21-18(25)17-12-16(13-22(17)19(26)27-20(3,4)5)23(14(2)24)15-10-8-7-9-11-15/h15-17H,6-13H2,1-5H3,(H,21,25)/t16-,17+/m0/s1. The summed E-state index contributed by atoms with van der Waals surface area (Å²) in [5.74, 6) is -0.161. The van der Waals surface area contributed by atoms with E-state index in [-0.39, 0.29) is 23.9 Å². The van der Waals surface area contributed by atoms with E-state index in [1.807, 2.05) is 32.6 Å². The second-order valence-corrected chi connectivity index (χ2v) is 8.65. The molecule has 1 saturated heterocycles. The summed E-state index contributed by atoms with van der Waals surface area (Å²) in [5.41, 5.74) is -0.634. The van der Waals surface area contributed by atoms with Gasteiger partial charge >= 0.3 is 6.09 Å². The highest BCUT2D eigenvalue weighted by molar-refractivity contribution is 5.86. The number of nitrogens with one attached hydrogen (secondary N) is 1. The lowest BCUT2D eigenvalue weighted by atomic mass is 9.92. The van der Waals surface area contributed by atoms with Gasteiger partial charge in [0.1, 0.15) is 11.6 Å². The minimum atomic E-state index is -0.634. The van der Waals surface area contributed by atoms with Crippen molar-refractivity contribution in [2.45, 2.75) is 96.9 Å². The second-order valence-electron chi connectivity index (χ2n) is 8.65. The van der Waals surface area contributed by atoms with Gasteiger partial charge in [-0.15, -0.1) is 0 Å². The van der Waals surface area contributed by atoms with E-state index < -0.39 is 17.7 Å². The molecule has 1 aliphatic heterocycles. The fourth-order valence-electron chi connectivity index (χ4n) is 4.25. The van der Waals surface area contributed by atoms with Crippen molar-refractivity contribution in [2.24, 2.45) is 0 Å². The number of carbonyl (C=O) groups is 3. The Morgan fingerprint density at radius 2 is 1.74 bits per heavy atom. The van der Waals surface area contributed by atoms with E-state index in [2.05, 4.69) is 5.32 Å². The normalized spacial score (nSPS) is 23.8. The summed E-state index contributed by atoms with van der Waals surface area (Å²) in [6.07, 6.45) is 5.41. The average molecular weight is 382 g/mol. The third-order valence-corrected chi connectivity index (χ3v) is 5.29. The van der Waals surface area contributed by atoms with Gasteiger partial charge in [0, 0.05) is 26.1 Å². The fraction of sp³-hybridized carbons (Fsp3) is 0.850. The zero-order valence-electron chi connectivity index (χ0n) is 17.4. The van der Waals surface area contributed by atoms with Gasteiger partial charge in [0.05, 0.1) is 6.04 Å². The minimum absolute atomic E-state index is 0.0209. The lowest BCUT2D eigenvalue weighted by molar-refractivity contribution is -0.134. The molecule has 0 aromatic rings. The van der Waals surface area contributed by atoms with Crippen molar-refractivity contribution in [3.63, 3.8) is 0 Å². The number of carbonyl (C=O) groups excluding carboxylic acids is 3. The van der Waals surface area contributed by atoms with Gasteiger partial charge in [-0.2, -0.15) is 0 Å². The summed E-state index contributed by atoms with van der Waals surface area (Å²) in [6.45, 7) is 9.71. The van der Waals surface area contributed by atoms with Crippen LogP contribution in [0.1, 0.15) is 73.1 Å². The molecule has 2 aliphatic rings. The number of hydrogen-bond donors (Lipinski definition) is 1. The Bertz CT molecular complexity index is 552. The third-order valence-electron chi connectivity index (χ3n) is 5.29. The van der Waals surface area contributed by atoms with Crippen LogP contribution in [0.3, 0.4) is 0 Å². The molecule has 27 heavy (non-hydrogen) atoms. The van der Waals surface area contributed by atoms with Crippen LogP contribution < -0.4 is 5.32 Å². The molecule has 2 atom stereocenters. The Hall–Kier alpha value is -1.79. The van der Waals surface area contributed by atoms with E-state index >= 15 is 0 Å². The van der Waals surface area contributed by atoms with Gasteiger partial charge in [0.25, 0.3) is 0 Å². The van der Waals surface area contributed by atoms with Crippen molar-refractivity contribution >= 4 is 17.9 Å². The highest BCUT2D eigenvalue weighted by Crippen LogP contribution is 2.31. The third kappa shape index (κ3) is 5.59. The van der Waals surface area contributed by atoms with Crippen LogP contribution in [0.5, 0.6) is 0 Å². The van der Waals surface area contributed by atoms with Crippen LogP contribution in [0.25, 0.3) is 0 Å². The number of amides is 3. The molecular weight excluding hydrogens is 346 g/mol. The summed E-state index contributed by atoms with van der Waals surface area (Å²) in [5, 5.41) is 2.81. The summed E-state index contributed by atoms with van der Waals surface area (Å²) >= 11 is 0. The molecule has 0 aromatic carbocycles. The first-order valence-corrected chi connectivity index (χ1v) is 10.2. The Balaban J connectivity index is 2.21. The summed E-state index contributed by atoms with van der Waals surface area (Å²) in [7, 11) is 0. The van der Waals surface area contributed by atoms with E-state index in [0.29, 0.717) is 19.5 Å². The van der Waals surface area contributed by atoms with Crippen LogP contribution in [0, 0.1) is 0 Å². The molecule has 0 unspecified atom stereocenters. The zero-order valence-corrected chi connectivity index (χ0v) is 17.4. The van der Waals surface area contributed by atoms with E-state index in [0.717, 1.165) is 25.7 Å². The molecule has 0 bridgehead atoms. The molecule has 0 aromatic heterocycles. The van der Waals surface area contributed by atoms with Crippen LogP contribution in [-0.2, 0) is 14.3 Å². The predicted molar refractivity (Wildman–Crippen MR) is 103 cm³/mol. The number of likely N-dealkylation sites (N-methyl/N-ethyl adjacent to an activating group) is 1. The molecule has 2 rings (SSSR count). The zero-order chi connectivity index (χ0) is 20.2. The molecule has 1 saturated carbocycles. The number of hydrogen-bond acceptors (Lipinski definition) is 4. The number of rotatable bonds is 4. The Morgan fingerprint density at radius 3 is 2.26 bits per heavy atom. The highest BCUT2D eigenvalue weighted by Gasteiger charge is 2.45. The summed E-state index contributed by atoms with van der Waals surface area (Å²) in [6, 6.07) is -0.546. The van der Waals surface area contributed by atoms with Crippen LogP contribution in [0.2, 0.25) is 0 Å². The predicted octanol–water partition coefficient (Wildman–Crippen LogP) is 2.68. The van der Waals surface area contributed by atoms with Crippen molar-refractivity contribution < 1.29 is 19.1 Å². The Labute approximate surface area is 162 Å². The van der Waals surface area contributed by atoms with Crippen molar-refractivity contribution in [3.05, 3.63) is 0 Å². The van der Waals surface area contributed by atoms with Crippen LogP contribution in [0.15, 0.2) is 0 Å². The Morgan fingerprint density at radius 1 is 1.11 bits per heavy atom. The first-order valence-electron chi connectivity index (χ1n) is 10.2. The lowest BCUT2D eigenvalue weighted by Crippen LogP contribution is -2.49. The van der Waals surface area contributed by atoms with Crippen molar-refractivity contribution in [1.82, 2.24) is 15.1 Å². The second kappa shape index (κ2) is 8.93. The van der Waals surface area contributed by atoms with Crippen molar-refractivity contribution in [2.75, 3.05) is 13.1 Å². The quantitative estimate of drug-likeness (QED) is 0.812. The molecule has 7 nitrogen and oxygen atoms in total. The first-order chi connectivity index (χ1) is 12.6. The van der Waals surface area contributed by atoms with Crippen molar-refractivity contribution in [3.8, 4) is 0 Å². The molecule has 3 amide bonds. The minimum Gasteiger partial charge on any atom is -0.444 e. The van der Waals surface area contributed by atoms with Gasteiger partial charge in [-0.3, -0.25) is 14.5 Å². The van der Waals surface area contributed by atoms with Crippen LogP contribution in [-0.4, -0.2) is 64.5 Å². The van der Waals surface area contributed by atoms with Gasteiger partial charge in [-0.1, -0.05) is 19.3 Å². The molecule has 7 heteroatoms. The summed E-state index contributed by atoms with van der Waals surface area (Å²) < 4.78 is 5.52. The molecule has 1 aliphatic carbocycles. The average Bonchev–Trinajstić information content (AvgIpc) is 2.99. The van der Waals surface area contributed by atoms with Gasteiger partial charge in [-0.25, -0.2) is 4.79 Å². The molecule has 2 fully saturated rings. The molecule has 0 radical (unpaired) electrons. The van der Waals surface area contributed by atoms with Gasteiger partial charge in [-0.05, 0) is 47.0 Å². The monoisotopic (exact) mass is 381 g/mol. The molecule has 1 N–H and O–H groups in total. The molecule has 154 valence electrons. The van der Waals surface area contributed by atoms with Crippen molar-refractivity contribution in [1.29, 1.82) is 0 Å². The van der Waals surface area contributed by atoms with Gasteiger partial charge < -0.3 is 15.0 Å². The maximum atomic E-state index is 12.7. The molecule has 1 heterocycles. The first kappa shape index (κ1) is 21.5. The topological polar surface area (TPSA) is 79.0 Å². The van der Waals surface area contributed by atoms with Gasteiger partial charge in [0.15, 0.2) is 0 Å². The SMILES string of the molecule is CCNC(=O)[C@H]1C[C@H](N(C(C)=O)C2CCCCC2)CN1C(=O)OC(C)(C)C. The fourth-order valence-corrected chi connectivity index (χ4v) is 4.25. The van der Waals surface area contributed by atoms with E-state index in [4.69, 9.17) is 4.74 Å². The van der Waals surface area contributed by atoms with E-state index in [9.17, 15) is 14.4 Å². The maximum Gasteiger partial charge on any atom is 0.411 e.